The highest BCUT2D eigenvalue weighted by atomic mass is 19.4. The Bertz CT molecular complexity index is 1620. The predicted octanol–water partition coefficient (Wildman–Crippen LogP) is 5.63. The Morgan fingerprint density at radius 1 is 0.947 bits per heavy atom. The van der Waals surface area contributed by atoms with Crippen LogP contribution in [-0.4, -0.2) is 48.3 Å². The molecule has 0 amide bonds. The molecule has 38 heavy (non-hydrogen) atoms. The highest BCUT2D eigenvalue weighted by Crippen LogP contribution is 2.36. The minimum atomic E-state index is -5.08. The molecule has 0 saturated carbocycles. The van der Waals surface area contributed by atoms with Gasteiger partial charge in [-0.15, -0.1) is 0 Å². The number of H-pyrrole nitrogens is 1. The van der Waals surface area contributed by atoms with Crippen LogP contribution in [0.25, 0.3) is 44.3 Å². The summed E-state index contributed by atoms with van der Waals surface area (Å²) in [6.45, 7) is 0. The maximum atomic E-state index is 15.0. The van der Waals surface area contributed by atoms with E-state index >= 15 is 4.39 Å². The molecule has 0 radical (unpaired) electrons. The zero-order chi connectivity index (χ0) is 27.4. The van der Waals surface area contributed by atoms with Crippen LogP contribution in [0.15, 0.2) is 67.3 Å². The molecule has 194 valence electrons. The van der Waals surface area contributed by atoms with Gasteiger partial charge in [-0.25, -0.2) is 14.2 Å². The van der Waals surface area contributed by atoms with Crippen molar-refractivity contribution in [3.8, 4) is 22.4 Å². The number of fused-ring (bicyclic) bond motifs is 3. The van der Waals surface area contributed by atoms with Crippen LogP contribution in [0, 0.1) is 5.82 Å². The Morgan fingerprint density at radius 2 is 1.66 bits per heavy atom. The number of aromatic amines is 1. The van der Waals surface area contributed by atoms with Crippen LogP contribution >= 0.6 is 0 Å². The van der Waals surface area contributed by atoms with Crippen LogP contribution in [0.2, 0.25) is 0 Å². The number of carbonyl (C=O) groups is 2. The molecule has 0 aliphatic carbocycles. The van der Waals surface area contributed by atoms with Gasteiger partial charge in [0.25, 0.3) is 0 Å². The number of rotatable bonds is 5. The number of hydrogen-bond acceptors (Lipinski definition) is 5. The second-order valence-electron chi connectivity index (χ2n) is 8.08. The molecule has 5 aromatic rings. The van der Waals surface area contributed by atoms with Gasteiger partial charge in [-0.05, 0) is 35.7 Å². The summed E-state index contributed by atoms with van der Waals surface area (Å²) < 4.78 is 46.7. The van der Waals surface area contributed by atoms with Gasteiger partial charge in [0.15, 0.2) is 0 Å². The second-order valence-corrected chi connectivity index (χ2v) is 8.08. The van der Waals surface area contributed by atoms with Crippen molar-refractivity contribution in [1.29, 1.82) is 0 Å². The van der Waals surface area contributed by atoms with E-state index in [0.29, 0.717) is 28.6 Å². The van der Waals surface area contributed by atoms with Crippen LogP contribution in [0.1, 0.15) is 12.0 Å². The van der Waals surface area contributed by atoms with Gasteiger partial charge < -0.3 is 15.2 Å². The predicted molar refractivity (Wildman–Crippen MR) is 130 cm³/mol. The lowest BCUT2D eigenvalue weighted by molar-refractivity contribution is -0.192. The van der Waals surface area contributed by atoms with E-state index < -0.39 is 23.9 Å². The molecular weight excluding hydrogens is 508 g/mol. The van der Waals surface area contributed by atoms with E-state index in [1.54, 1.807) is 18.6 Å². The summed E-state index contributed by atoms with van der Waals surface area (Å²) in [5.41, 5.74) is 4.98. The van der Waals surface area contributed by atoms with Gasteiger partial charge in [0, 0.05) is 40.7 Å². The summed E-state index contributed by atoms with van der Waals surface area (Å²) in [5.74, 6) is -4.03. The molecule has 0 spiro atoms. The van der Waals surface area contributed by atoms with Crippen molar-refractivity contribution in [2.24, 2.45) is 0 Å². The van der Waals surface area contributed by atoms with Gasteiger partial charge in [0.2, 0.25) is 0 Å². The summed E-state index contributed by atoms with van der Waals surface area (Å²) in [6.07, 6.45) is 1.76. The molecule has 0 saturated heterocycles. The summed E-state index contributed by atoms with van der Waals surface area (Å²) in [7, 11) is 0. The topological polar surface area (TPSA) is 129 Å². The number of nitrogens with one attached hydrogen (secondary N) is 1. The van der Waals surface area contributed by atoms with E-state index in [1.165, 1.54) is 6.20 Å². The van der Waals surface area contributed by atoms with Crippen molar-refractivity contribution in [3.63, 3.8) is 0 Å². The molecule has 1 aromatic carbocycles. The molecule has 5 rings (SSSR count). The van der Waals surface area contributed by atoms with Gasteiger partial charge in [-0.2, -0.15) is 13.2 Å². The molecule has 8 nitrogen and oxygen atoms in total. The smallest absolute Gasteiger partial charge is 0.481 e. The van der Waals surface area contributed by atoms with E-state index in [9.17, 15) is 18.0 Å². The van der Waals surface area contributed by atoms with Crippen molar-refractivity contribution in [1.82, 2.24) is 19.9 Å². The molecule has 0 bridgehead atoms. The average molecular weight is 526 g/mol. The third-order valence-electron chi connectivity index (χ3n) is 5.53. The molecule has 4 heterocycles. The van der Waals surface area contributed by atoms with Gasteiger partial charge in [0.05, 0.1) is 23.6 Å². The first-order chi connectivity index (χ1) is 18.0. The van der Waals surface area contributed by atoms with Crippen LogP contribution in [0.4, 0.5) is 17.6 Å². The first-order valence-corrected chi connectivity index (χ1v) is 11.0. The van der Waals surface area contributed by atoms with Gasteiger partial charge in [-0.3, -0.25) is 14.8 Å². The van der Waals surface area contributed by atoms with Crippen molar-refractivity contribution < 1.29 is 37.4 Å². The minimum absolute atomic E-state index is 0.0553. The third kappa shape index (κ3) is 5.75. The zero-order valence-electron chi connectivity index (χ0n) is 19.3. The summed E-state index contributed by atoms with van der Waals surface area (Å²) in [4.78, 5) is 35.8. The average Bonchev–Trinajstić information content (AvgIpc) is 3.26. The van der Waals surface area contributed by atoms with E-state index in [1.807, 2.05) is 42.5 Å². The SMILES string of the molecule is O=C(O)C(F)(F)F.O=C(O)CCc1ccc(-c2c(F)cnc3[nH]c4cnc(-c5cccnc5)cc4c23)cc1. The van der Waals surface area contributed by atoms with Gasteiger partial charge >= 0.3 is 18.1 Å². The molecule has 0 aliphatic rings. The Hall–Kier alpha value is -4.87. The maximum Gasteiger partial charge on any atom is 0.490 e. The fraction of sp³-hybridized carbons (Fsp3) is 0.115. The van der Waals surface area contributed by atoms with E-state index in [4.69, 9.17) is 15.0 Å². The van der Waals surface area contributed by atoms with Gasteiger partial charge in [0.1, 0.15) is 11.5 Å². The Morgan fingerprint density at radius 3 is 2.26 bits per heavy atom. The number of benzene rings is 1. The molecule has 3 N–H and O–H groups in total. The lowest BCUT2D eigenvalue weighted by Gasteiger charge is -2.08. The number of pyridine rings is 3. The molecule has 0 aliphatic heterocycles. The maximum absolute atomic E-state index is 15.0. The Balaban J connectivity index is 0.000000426. The summed E-state index contributed by atoms with van der Waals surface area (Å²) in [6, 6.07) is 13.0. The van der Waals surface area contributed by atoms with E-state index in [0.717, 1.165) is 27.7 Å². The van der Waals surface area contributed by atoms with Crippen molar-refractivity contribution in [3.05, 3.63) is 78.6 Å². The molecule has 0 fully saturated rings. The number of halogens is 4. The first-order valence-electron chi connectivity index (χ1n) is 11.0. The molecule has 0 atom stereocenters. The molecule has 12 heteroatoms. The zero-order valence-corrected chi connectivity index (χ0v) is 19.3. The lowest BCUT2D eigenvalue weighted by Crippen LogP contribution is -2.21. The molecule has 0 unspecified atom stereocenters. The number of carboxylic acids is 2. The number of nitrogens with zero attached hydrogens (tertiary/aromatic N) is 3. The number of aliphatic carboxylic acids is 2. The fourth-order valence-corrected chi connectivity index (χ4v) is 3.78. The number of hydrogen-bond donors (Lipinski definition) is 3. The second kappa shape index (κ2) is 10.6. The summed E-state index contributed by atoms with van der Waals surface area (Å²) >= 11 is 0. The van der Waals surface area contributed by atoms with Crippen LogP contribution in [0.5, 0.6) is 0 Å². The summed E-state index contributed by atoms with van der Waals surface area (Å²) in [5, 5.41) is 17.5. The van der Waals surface area contributed by atoms with E-state index in [2.05, 4.69) is 19.9 Å². The Labute approximate surface area is 211 Å². The van der Waals surface area contributed by atoms with Crippen LogP contribution in [-0.2, 0) is 16.0 Å². The number of carboxylic acid groups (broad SMARTS) is 2. The molecule has 4 aromatic heterocycles. The third-order valence-corrected chi connectivity index (χ3v) is 5.53. The number of aromatic nitrogens is 4. The highest BCUT2D eigenvalue weighted by molar-refractivity contribution is 6.13. The number of aryl methyl sites for hydroxylation is 1. The van der Waals surface area contributed by atoms with Crippen molar-refractivity contribution in [2.45, 2.75) is 19.0 Å². The normalized spacial score (nSPS) is 11.3. The van der Waals surface area contributed by atoms with Crippen molar-refractivity contribution in [2.75, 3.05) is 0 Å². The first kappa shape index (κ1) is 26.2. The standard InChI is InChI=1S/C24H17FN4O2.C2HF3O2/c25-18-12-28-24-23(22(18)15-6-3-14(4-7-15)5-8-21(30)31)17-10-19(27-13-20(17)29-24)16-2-1-9-26-11-16;3-2(4,5)1(6)7/h1-4,6-7,9-13H,5,8H2,(H,28,29)(H,30,31);(H,6,7). The number of alkyl halides is 3. The largest absolute Gasteiger partial charge is 0.490 e. The fourth-order valence-electron chi connectivity index (χ4n) is 3.78. The van der Waals surface area contributed by atoms with E-state index in [-0.39, 0.29) is 6.42 Å². The quantitative estimate of drug-likeness (QED) is 0.253. The van der Waals surface area contributed by atoms with Gasteiger partial charge in [-0.1, -0.05) is 24.3 Å². The monoisotopic (exact) mass is 526 g/mol. The van der Waals surface area contributed by atoms with Crippen molar-refractivity contribution >= 4 is 33.9 Å². The highest BCUT2D eigenvalue weighted by Gasteiger charge is 2.38. The molecular formula is C26H18F4N4O4. The Kier molecular flexibility index (Phi) is 7.33. The lowest BCUT2D eigenvalue weighted by atomic mass is 9.98. The van der Waals surface area contributed by atoms with Crippen LogP contribution in [0.3, 0.4) is 0 Å². The minimum Gasteiger partial charge on any atom is -0.481 e. The van der Waals surface area contributed by atoms with Crippen LogP contribution < -0.4 is 0 Å².